The van der Waals surface area contributed by atoms with Crippen LogP contribution in [0.15, 0.2) is 12.1 Å². The number of alkyl carbamates (subject to hydrolysis) is 1. The van der Waals surface area contributed by atoms with Gasteiger partial charge in [0.15, 0.2) is 6.10 Å². The normalized spacial score (nSPS) is 12.1. The summed E-state index contributed by atoms with van der Waals surface area (Å²) in [4.78, 5) is 35.8. The Morgan fingerprint density at radius 2 is 1.64 bits per heavy atom. The zero-order valence-corrected chi connectivity index (χ0v) is 17.9. The highest BCUT2D eigenvalue weighted by Gasteiger charge is 2.20. The first kappa shape index (κ1) is 23.5. The van der Waals surface area contributed by atoms with Crippen molar-refractivity contribution in [3.63, 3.8) is 0 Å². The number of benzene rings is 1. The molecule has 0 bridgehead atoms. The molecule has 1 atom stereocenters. The lowest BCUT2D eigenvalue weighted by molar-refractivity contribution is -0.153. The highest BCUT2D eigenvalue weighted by molar-refractivity contribution is 5.96. The average Bonchev–Trinajstić information content (AvgIpc) is 2.53. The van der Waals surface area contributed by atoms with E-state index in [2.05, 4.69) is 10.6 Å². The first-order chi connectivity index (χ1) is 12.9. The molecule has 7 heteroatoms. The molecular formula is C21H32N2O5. The van der Waals surface area contributed by atoms with E-state index in [4.69, 9.17) is 9.47 Å². The maximum Gasteiger partial charge on any atom is 0.407 e. The molecule has 0 unspecified atom stereocenters. The van der Waals surface area contributed by atoms with Gasteiger partial charge in [-0.05, 0) is 66.0 Å². The Hall–Kier alpha value is -2.57. The summed E-state index contributed by atoms with van der Waals surface area (Å²) in [6.45, 7) is 13.0. The van der Waals surface area contributed by atoms with Crippen molar-refractivity contribution in [3.8, 4) is 0 Å². The number of carbonyl (C=O) groups excluding carboxylic acids is 3. The summed E-state index contributed by atoms with van der Waals surface area (Å²) in [5.74, 6) is -0.874. The number of hydrogen-bond donors (Lipinski definition) is 2. The second-order valence-corrected chi connectivity index (χ2v) is 7.93. The number of hydrogen-bond acceptors (Lipinski definition) is 5. The van der Waals surface area contributed by atoms with Gasteiger partial charge in [-0.25, -0.2) is 4.79 Å². The number of anilines is 1. The van der Waals surface area contributed by atoms with E-state index in [1.165, 1.54) is 6.92 Å². The fourth-order valence-electron chi connectivity index (χ4n) is 2.65. The zero-order valence-electron chi connectivity index (χ0n) is 17.9. The van der Waals surface area contributed by atoms with Gasteiger partial charge in [-0.1, -0.05) is 17.7 Å². The molecule has 156 valence electrons. The molecule has 1 rings (SSSR count). The minimum absolute atomic E-state index is 0.0933. The van der Waals surface area contributed by atoms with Crippen molar-refractivity contribution in [2.45, 2.75) is 73.0 Å². The fraction of sp³-hybridized carbons (Fsp3) is 0.571. The molecule has 0 radical (unpaired) electrons. The van der Waals surface area contributed by atoms with E-state index < -0.39 is 23.8 Å². The predicted octanol–water partition coefficient (Wildman–Crippen LogP) is 3.79. The van der Waals surface area contributed by atoms with Crippen LogP contribution < -0.4 is 10.6 Å². The molecule has 0 aliphatic rings. The van der Waals surface area contributed by atoms with E-state index in [9.17, 15) is 14.4 Å². The van der Waals surface area contributed by atoms with Crippen LogP contribution in [0.1, 0.15) is 57.2 Å². The minimum atomic E-state index is -0.911. The van der Waals surface area contributed by atoms with Crippen molar-refractivity contribution in [3.05, 3.63) is 28.8 Å². The molecule has 1 aromatic carbocycles. The average molecular weight is 392 g/mol. The first-order valence-corrected chi connectivity index (χ1v) is 9.44. The number of nitrogens with one attached hydrogen (secondary N) is 2. The van der Waals surface area contributed by atoms with Crippen LogP contribution in [0, 0.1) is 20.8 Å². The maximum atomic E-state index is 12.3. The summed E-state index contributed by atoms with van der Waals surface area (Å²) in [5.41, 5.74) is 3.20. The van der Waals surface area contributed by atoms with E-state index in [1.54, 1.807) is 20.8 Å². The standard InChI is InChI=1S/C21H32N2O5/c1-13-11-14(2)18(15(3)12-13)23-19(25)16(4)27-17(24)9-8-10-22-20(26)28-21(5,6)7/h11-12,16H,8-10H2,1-7H3,(H,22,26)(H,23,25)/t16-/m0/s1. The molecule has 0 saturated carbocycles. The largest absolute Gasteiger partial charge is 0.453 e. The lowest BCUT2D eigenvalue weighted by atomic mass is 10.0. The summed E-state index contributed by atoms with van der Waals surface area (Å²) >= 11 is 0. The molecule has 0 heterocycles. The van der Waals surface area contributed by atoms with Crippen LogP contribution in [0.3, 0.4) is 0 Å². The number of esters is 1. The third kappa shape index (κ3) is 8.41. The van der Waals surface area contributed by atoms with Crippen LogP contribution in [0.5, 0.6) is 0 Å². The lowest BCUT2D eigenvalue weighted by Gasteiger charge is -2.19. The first-order valence-electron chi connectivity index (χ1n) is 9.44. The predicted molar refractivity (Wildman–Crippen MR) is 108 cm³/mol. The van der Waals surface area contributed by atoms with Crippen molar-refractivity contribution in [1.82, 2.24) is 5.32 Å². The number of aryl methyl sites for hydroxylation is 3. The zero-order chi connectivity index (χ0) is 21.5. The molecule has 0 aliphatic carbocycles. The molecule has 0 fully saturated rings. The van der Waals surface area contributed by atoms with Gasteiger partial charge in [0.25, 0.3) is 5.91 Å². The van der Waals surface area contributed by atoms with Gasteiger partial charge in [-0.3, -0.25) is 9.59 Å². The molecule has 1 aromatic rings. The molecule has 0 spiro atoms. The van der Waals surface area contributed by atoms with E-state index >= 15 is 0 Å². The lowest BCUT2D eigenvalue weighted by Crippen LogP contribution is -2.33. The quantitative estimate of drug-likeness (QED) is 0.544. The van der Waals surface area contributed by atoms with Crippen LogP contribution in [0.4, 0.5) is 10.5 Å². The second-order valence-electron chi connectivity index (χ2n) is 7.93. The Bertz CT molecular complexity index is 699. The van der Waals surface area contributed by atoms with Crippen LogP contribution in [-0.4, -0.2) is 36.2 Å². The van der Waals surface area contributed by atoms with E-state index in [0.717, 1.165) is 22.4 Å². The van der Waals surface area contributed by atoms with Crippen LogP contribution in [0.25, 0.3) is 0 Å². The van der Waals surface area contributed by atoms with Gasteiger partial charge in [0.2, 0.25) is 0 Å². The molecule has 28 heavy (non-hydrogen) atoms. The molecule has 0 saturated heterocycles. The third-order valence-corrected chi connectivity index (χ3v) is 3.83. The van der Waals surface area contributed by atoms with Gasteiger partial charge in [-0.2, -0.15) is 0 Å². The number of ether oxygens (including phenoxy) is 2. The number of amides is 2. The van der Waals surface area contributed by atoms with Crippen LogP contribution in [-0.2, 0) is 19.1 Å². The van der Waals surface area contributed by atoms with Crippen molar-refractivity contribution >= 4 is 23.7 Å². The SMILES string of the molecule is Cc1cc(C)c(NC(=O)[C@H](C)OC(=O)CCCNC(=O)OC(C)(C)C)c(C)c1. The van der Waals surface area contributed by atoms with Crippen molar-refractivity contribution in [1.29, 1.82) is 0 Å². The third-order valence-electron chi connectivity index (χ3n) is 3.83. The summed E-state index contributed by atoms with van der Waals surface area (Å²) in [6, 6.07) is 3.97. The highest BCUT2D eigenvalue weighted by atomic mass is 16.6. The minimum Gasteiger partial charge on any atom is -0.453 e. The summed E-state index contributed by atoms with van der Waals surface area (Å²) in [7, 11) is 0. The van der Waals surface area contributed by atoms with E-state index in [1.807, 2.05) is 32.9 Å². The van der Waals surface area contributed by atoms with Gasteiger partial charge < -0.3 is 20.1 Å². The Labute approximate surface area is 167 Å². The Balaban J connectivity index is 2.40. The van der Waals surface area contributed by atoms with E-state index in [-0.39, 0.29) is 18.9 Å². The fourth-order valence-corrected chi connectivity index (χ4v) is 2.65. The van der Waals surface area contributed by atoms with Crippen molar-refractivity contribution in [2.24, 2.45) is 0 Å². The van der Waals surface area contributed by atoms with Crippen molar-refractivity contribution in [2.75, 3.05) is 11.9 Å². The summed E-state index contributed by atoms with van der Waals surface area (Å²) in [5, 5.41) is 5.40. The molecular weight excluding hydrogens is 360 g/mol. The molecule has 2 amide bonds. The highest BCUT2D eigenvalue weighted by Crippen LogP contribution is 2.22. The van der Waals surface area contributed by atoms with Gasteiger partial charge in [-0.15, -0.1) is 0 Å². The van der Waals surface area contributed by atoms with E-state index in [0.29, 0.717) is 6.42 Å². The van der Waals surface area contributed by atoms with Gasteiger partial charge in [0.05, 0.1) is 0 Å². The summed E-state index contributed by atoms with van der Waals surface area (Å²) in [6.07, 6.45) is -0.956. The molecule has 0 aromatic heterocycles. The Kier molecular flexibility index (Phi) is 8.47. The molecule has 7 nitrogen and oxygen atoms in total. The monoisotopic (exact) mass is 392 g/mol. The van der Waals surface area contributed by atoms with Crippen molar-refractivity contribution < 1.29 is 23.9 Å². The van der Waals surface area contributed by atoms with Crippen LogP contribution >= 0.6 is 0 Å². The molecule has 2 N–H and O–H groups in total. The Morgan fingerprint density at radius 3 is 2.18 bits per heavy atom. The van der Waals surface area contributed by atoms with Gasteiger partial charge in [0, 0.05) is 18.7 Å². The van der Waals surface area contributed by atoms with Gasteiger partial charge >= 0.3 is 12.1 Å². The maximum absolute atomic E-state index is 12.3. The number of carbonyl (C=O) groups is 3. The topological polar surface area (TPSA) is 93.7 Å². The smallest absolute Gasteiger partial charge is 0.407 e. The summed E-state index contributed by atoms with van der Waals surface area (Å²) < 4.78 is 10.3. The Morgan fingerprint density at radius 1 is 1.07 bits per heavy atom. The van der Waals surface area contributed by atoms with Crippen LogP contribution in [0.2, 0.25) is 0 Å². The molecule has 0 aliphatic heterocycles. The number of rotatable bonds is 7. The second kappa shape index (κ2) is 10.1. The van der Waals surface area contributed by atoms with Gasteiger partial charge in [0.1, 0.15) is 5.60 Å².